The fourth-order valence-corrected chi connectivity index (χ4v) is 3.36. The van der Waals surface area contributed by atoms with Crippen molar-refractivity contribution in [2.75, 3.05) is 26.9 Å². The summed E-state index contributed by atoms with van der Waals surface area (Å²) in [5.41, 5.74) is 8.41. The number of rotatable bonds is 12. The van der Waals surface area contributed by atoms with Gasteiger partial charge in [-0.25, -0.2) is 0 Å². The van der Waals surface area contributed by atoms with Crippen LogP contribution >= 0.6 is 0 Å². The molecule has 0 amide bonds. The molecule has 1 aromatic carbocycles. The van der Waals surface area contributed by atoms with Crippen molar-refractivity contribution in [1.29, 1.82) is 0 Å². The fourth-order valence-electron chi connectivity index (χ4n) is 3.36. The minimum atomic E-state index is -0.313. The third-order valence-electron chi connectivity index (χ3n) is 5.18. The Bertz CT molecular complexity index is 619. The maximum atomic E-state index is 11.9. The summed E-state index contributed by atoms with van der Waals surface area (Å²) in [6.07, 6.45) is 2.18. The van der Waals surface area contributed by atoms with Crippen LogP contribution in [-0.2, 0) is 32.0 Å². The van der Waals surface area contributed by atoms with Crippen molar-refractivity contribution in [3.8, 4) is 5.75 Å². The molecule has 0 radical (unpaired) electrons. The summed E-state index contributed by atoms with van der Waals surface area (Å²) in [5, 5.41) is 0. The van der Waals surface area contributed by atoms with Crippen molar-refractivity contribution in [2.24, 2.45) is 17.6 Å². The molecule has 1 aromatic rings. The summed E-state index contributed by atoms with van der Waals surface area (Å²) in [5.74, 6) is 0.967. The molecule has 1 saturated heterocycles. The van der Waals surface area contributed by atoms with Gasteiger partial charge < -0.3 is 24.7 Å². The number of benzene rings is 1. The molecular formula is C22H35NO5. The van der Waals surface area contributed by atoms with Gasteiger partial charge in [-0.1, -0.05) is 32.9 Å². The van der Waals surface area contributed by atoms with Crippen LogP contribution in [-0.4, -0.2) is 45.0 Å². The standard InChI is InChI=1S/C22H35NO5/c1-5-17-8-7-16(11-20(17)27-10-6-9-25-4)13-26-14-19(23)21-12-18(15(2)3)22(24)28-21/h7-8,11,15,18-19,21H,5-6,9-10,12-14,23H2,1-4H3/t18-,19?,21?/m0/s1. The summed E-state index contributed by atoms with van der Waals surface area (Å²) < 4.78 is 22.2. The van der Waals surface area contributed by atoms with Gasteiger partial charge in [-0.05, 0) is 36.0 Å². The summed E-state index contributed by atoms with van der Waals surface area (Å²) >= 11 is 0. The average molecular weight is 394 g/mol. The van der Waals surface area contributed by atoms with E-state index in [0.717, 1.165) is 24.2 Å². The van der Waals surface area contributed by atoms with Crippen molar-refractivity contribution < 1.29 is 23.7 Å². The molecule has 158 valence electrons. The van der Waals surface area contributed by atoms with E-state index in [1.165, 1.54) is 5.56 Å². The Hall–Kier alpha value is -1.63. The lowest BCUT2D eigenvalue weighted by Crippen LogP contribution is -2.38. The van der Waals surface area contributed by atoms with E-state index in [2.05, 4.69) is 19.1 Å². The number of esters is 1. The molecule has 3 atom stereocenters. The van der Waals surface area contributed by atoms with Gasteiger partial charge in [0.15, 0.2) is 0 Å². The molecule has 0 aliphatic carbocycles. The molecule has 0 saturated carbocycles. The van der Waals surface area contributed by atoms with Gasteiger partial charge in [0.25, 0.3) is 0 Å². The fraction of sp³-hybridized carbons (Fsp3) is 0.682. The first-order chi connectivity index (χ1) is 13.5. The third kappa shape index (κ3) is 6.47. The van der Waals surface area contributed by atoms with Crippen LogP contribution in [0.15, 0.2) is 18.2 Å². The van der Waals surface area contributed by atoms with Gasteiger partial charge in [-0.15, -0.1) is 0 Å². The zero-order chi connectivity index (χ0) is 20.5. The van der Waals surface area contributed by atoms with Crippen molar-refractivity contribution >= 4 is 5.97 Å². The average Bonchev–Trinajstić information content (AvgIpc) is 3.07. The maximum Gasteiger partial charge on any atom is 0.309 e. The molecule has 2 unspecified atom stereocenters. The third-order valence-corrected chi connectivity index (χ3v) is 5.18. The van der Waals surface area contributed by atoms with Crippen LogP contribution < -0.4 is 10.5 Å². The molecule has 2 N–H and O–H groups in total. The van der Waals surface area contributed by atoms with E-state index < -0.39 is 0 Å². The van der Waals surface area contributed by atoms with Gasteiger partial charge in [0, 0.05) is 20.1 Å². The molecule has 1 fully saturated rings. The van der Waals surface area contributed by atoms with Gasteiger partial charge in [0.05, 0.1) is 31.8 Å². The van der Waals surface area contributed by atoms with Crippen molar-refractivity contribution in [1.82, 2.24) is 0 Å². The molecule has 28 heavy (non-hydrogen) atoms. The zero-order valence-corrected chi connectivity index (χ0v) is 17.6. The molecule has 1 aliphatic heterocycles. The van der Waals surface area contributed by atoms with E-state index in [1.807, 2.05) is 19.9 Å². The molecule has 1 aliphatic rings. The number of hydrogen-bond donors (Lipinski definition) is 1. The second-order valence-corrected chi connectivity index (χ2v) is 7.73. The van der Waals surface area contributed by atoms with Crippen LogP contribution in [0.3, 0.4) is 0 Å². The van der Waals surface area contributed by atoms with Crippen LogP contribution in [0.4, 0.5) is 0 Å². The minimum absolute atomic E-state index is 0.0598. The number of cyclic esters (lactones) is 1. The predicted molar refractivity (Wildman–Crippen MR) is 108 cm³/mol. The molecular weight excluding hydrogens is 358 g/mol. The van der Waals surface area contributed by atoms with Crippen molar-refractivity contribution in [2.45, 2.75) is 58.8 Å². The number of methoxy groups -OCH3 is 1. The smallest absolute Gasteiger partial charge is 0.309 e. The summed E-state index contributed by atoms with van der Waals surface area (Å²) in [4.78, 5) is 11.9. The van der Waals surface area contributed by atoms with Crippen molar-refractivity contribution in [3.05, 3.63) is 29.3 Å². The number of carbonyl (C=O) groups is 1. The molecule has 0 spiro atoms. The quantitative estimate of drug-likeness (QED) is 0.434. The van der Waals surface area contributed by atoms with E-state index in [9.17, 15) is 4.79 Å². The number of hydrogen-bond acceptors (Lipinski definition) is 6. The predicted octanol–water partition coefficient (Wildman–Crippen LogP) is 3.10. The van der Waals surface area contributed by atoms with E-state index in [0.29, 0.717) is 32.8 Å². The lowest BCUT2D eigenvalue weighted by molar-refractivity contribution is -0.146. The number of ether oxygens (including phenoxy) is 4. The topological polar surface area (TPSA) is 80.0 Å². The maximum absolute atomic E-state index is 11.9. The van der Waals surface area contributed by atoms with Gasteiger partial charge in [0.1, 0.15) is 11.9 Å². The number of aryl methyl sites for hydroxylation is 1. The Morgan fingerprint density at radius 2 is 2.07 bits per heavy atom. The first kappa shape index (κ1) is 22.7. The van der Waals surface area contributed by atoms with E-state index in [-0.39, 0.29) is 30.0 Å². The van der Waals surface area contributed by atoms with Crippen LogP contribution in [0, 0.1) is 11.8 Å². The highest BCUT2D eigenvalue weighted by atomic mass is 16.6. The van der Waals surface area contributed by atoms with E-state index in [1.54, 1.807) is 7.11 Å². The Labute approximate surface area is 168 Å². The minimum Gasteiger partial charge on any atom is -0.493 e. The van der Waals surface area contributed by atoms with E-state index >= 15 is 0 Å². The van der Waals surface area contributed by atoms with Gasteiger partial charge in [-0.3, -0.25) is 4.79 Å². The lowest BCUT2D eigenvalue weighted by Gasteiger charge is -2.18. The highest BCUT2D eigenvalue weighted by Gasteiger charge is 2.39. The molecule has 0 bridgehead atoms. The van der Waals surface area contributed by atoms with Crippen LogP contribution in [0.2, 0.25) is 0 Å². The summed E-state index contributed by atoms with van der Waals surface area (Å²) in [6, 6.07) is 5.85. The van der Waals surface area contributed by atoms with Crippen molar-refractivity contribution in [3.63, 3.8) is 0 Å². The zero-order valence-electron chi connectivity index (χ0n) is 17.6. The van der Waals surface area contributed by atoms with Gasteiger partial charge >= 0.3 is 5.97 Å². The molecule has 0 aromatic heterocycles. The molecule has 1 heterocycles. The highest BCUT2D eigenvalue weighted by molar-refractivity contribution is 5.75. The first-order valence-electron chi connectivity index (χ1n) is 10.2. The Morgan fingerprint density at radius 3 is 2.71 bits per heavy atom. The van der Waals surface area contributed by atoms with Gasteiger partial charge in [-0.2, -0.15) is 0 Å². The Balaban J connectivity index is 1.82. The van der Waals surface area contributed by atoms with Crippen LogP contribution in [0.5, 0.6) is 5.75 Å². The molecule has 2 rings (SSSR count). The monoisotopic (exact) mass is 393 g/mol. The molecule has 6 heteroatoms. The summed E-state index contributed by atoms with van der Waals surface area (Å²) in [6.45, 7) is 8.28. The Morgan fingerprint density at radius 1 is 1.29 bits per heavy atom. The summed E-state index contributed by atoms with van der Waals surface area (Å²) in [7, 11) is 1.69. The first-order valence-corrected chi connectivity index (χ1v) is 10.2. The normalized spacial score (nSPS) is 20.4. The van der Waals surface area contributed by atoms with E-state index in [4.69, 9.17) is 24.7 Å². The SMILES string of the molecule is CCc1ccc(COCC(N)C2C[C@@H](C(C)C)C(=O)O2)cc1OCCCOC. The Kier molecular flexibility index (Phi) is 9.22. The second kappa shape index (κ2) is 11.4. The number of carbonyl (C=O) groups excluding carboxylic acids is 1. The van der Waals surface area contributed by atoms with Crippen LogP contribution in [0.1, 0.15) is 44.7 Å². The van der Waals surface area contributed by atoms with Crippen LogP contribution in [0.25, 0.3) is 0 Å². The van der Waals surface area contributed by atoms with Gasteiger partial charge in [0.2, 0.25) is 0 Å². The largest absolute Gasteiger partial charge is 0.493 e. The number of nitrogens with two attached hydrogens (primary N) is 1. The lowest BCUT2D eigenvalue weighted by atomic mass is 9.91. The molecule has 6 nitrogen and oxygen atoms in total. The highest BCUT2D eigenvalue weighted by Crippen LogP contribution is 2.29. The second-order valence-electron chi connectivity index (χ2n) is 7.73.